The maximum atomic E-state index is 12.2. The summed E-state index contributed by atoms with van der Waals surface area (Å²) in [5.41, 5.74) is 5.86. The van der Waals surface area contributed by atoms with Crippen LogP contribution in [0.4, 0.5) is 4.79 Å². The lowest BCUT2D eigenvalue weighted by Gasteiger charge is -2.14. The summed E-state index contributed by atoms with van der Waals surface area (Å²) in [6.07, 6.45) is -0.226. The molecule has 1 aliphatic carbocycles. The molecule has 1 aliphatic rings. The van der Waals surface area contributed by atoms with Gasteiger partial charge in [-0.1, -0.05) is 78.0 Å². The fourth-order valence-corrected chi connectivity index (χ4v) is 4.19. The van der Waals surface area contributed by atoms with Crippen LogP contribution in [0.1, 0.15) is 34.6 Å². The summed E-state index contributed by atoms with van der Waals surface area (Å²) in [6.45, 7) is 0.575. The molecular weight excluding hydrogens is 438 g/mol. The van der Waals surface area contributed by atoms with E-state index in [4.69, 9.17) is 21.4 Å². The minimum absolute atomic E-state index is 0.0124. The summed E-state index contributed by atoms with van der Waals surface area (Å²) in [7, 11) is 0. The van der Waals surface area contributed by atoms with Gasteiger partial charge in [-0.05, 0) is 39.9 Å². The summed E-state index contributed by atoms with van der Waals surface area (Å²) in [4.78, 5) is 23.2. The van der Waals surface area contributed by atoms with Gasteiger partial charge in [-0.3, -0.25) is 4.79 Å². The zero-order valence-electron chi connectivity index (χ0n) is 17.8. The predicted octanol–water partition coefficient (Wildman–Crippen LogP) is 5.25. The van der Waals surface area contributed by atoms with Gasteiger partial charge in [0.2, 0.25) is 0 Å². The van der Waals surface area contributed by atoms with E-state index in [2.05, 4.69) is 41.4 Å². The lowest BCUT2D eigenvalue weighted by molar-refractivity contribution is -0.136. The van der Waals surface area contributed by atoms with Crippen LogP contribution in [0.2, 0.25) is 5.02 Å². The van der Waals surface area contributed by atoms with Crippen LogP contribution in [0, 0.1) is 11.8 Å². The molecule has 3 aromatic carbocycles. The molecule has 6 heteroatoms. The Hall–Kier alpha value is -3.75. The Morgan fingerprint density at radius 3 is 2.33 bits per heavy atom. The van der Waals surface area contributed by atoms with Crippen molar-refractivity contribution in [1.82, 2.24) is 5.32 Å². The molecule has 5 nitrogen and oxygen atoms in total. The van der Waals surface area contributed by atoms with Gasteiger partial charge in [-0.25, -0.2) is 4.79 Å². The van der Waals surface area contributed by atoms with E-state index >= 15 is 0 Å². The van der Waals surface area contributed by atoms with Crippen LogP contribution < -0.4 is 5.32 Å². The quantitative estimate of drug-likeness (QED) is 0.390. The van der Waals surface area contributed by atoms with E-state index in [1.54, 1.807) is 18.2 Å². The van der Waals surface area contributed by atoms with Crippen molar-refractivity contribution in [2.24, 2.45) is 0 Å². The van der Waals surface area contributed by atoms with Crippen molar-refractivity contribution in [3.05, 3.63) is 94.0 Å². The fraction of sp³-hybridized carbons (Fsp3) is 0.185. The second-order valence-electron chi connectivity index (χ2n) is 7.68. The highest BCUT2D eigenvalue weighted by Crippen LogP contribution is 2.44. The van der Waals surface area contributed by atoms with E-state index in [9.17, 15) is 9.59 Å². The number of carbonyl (C=O) groups is 2. The molecule has 1 amide bonds. The van der Waals surface area contributed by atoms with Crippen molar-refractivity contribution in [1.29, 1.82) is 0 Å². The monoisotopic (exact) mass is 459 g/mol. The first-order chi connectivity index (χ1) is 16.0. The molecule has 0 bridgehead atoms. The van der Waals surface area contributed by atoms with Crippen LogP contribution in [0.25, 0.3) is 11.1 Å². The van der Waals surface area contributed by atoms with Gasteiger partial charge in [0, 0.05) is 29.5 Å². The molecule has 0 aliphatic heterocycles. The highest BCUT2D eigenvalue weighted by Gasteiger charge is 2.28. The first kappa shape index (κ1) is 22.4. The average Bonchev–Trinajstić information content (AvgIpc) is 3.12. The molecule has 0 unspecified atom stereocenters. The minimum atomic E-state index is -0.933. The second kappa shape index (κ2) is 10.2. The van der Waals surface area contributed by atoms with Crippen LogP contribution in [-0.2, 0) is 16.0 Å². The number of carbonyl (C=O) groups excluding carboxylic acids is 1. The summed E-state index contributed by atoms with van der Waals surface area (Å²) >= 11 is 6.00. The minimum Gasteiger partial charge on any atom is -0.481 e. The number of amides is 1. The fourth-order valence-electron chi connectivity index (χ4n) is 4.02. The van der Waals surface area contributed by atoms with Crippen molar-refractivity contribution in [3.63, 3.8) is 0 Å². The molecule has 33 heavy (non-hydrogen) atoms. The van der Waals surface area contributed by atoms with E-state index in [1.807, 2.05) is 24.3 Å². The summed E-state index contributed by atoms with van der Waals surface area (Å²) < 4.78 is 5.50. The van der Waals surface area contributed by atoms with Crippen molar-refractivity contribution < 1.29 is 19.4 Å². The number of ether oxygens (including phenoxy) is 1. The summed E-state index contributed by atoms with van der Waals surface area (Å²) in [6, 6.07) is 21.3. The largest absolute Gasteiger partial charge is 0.481 e. The molecule has 0 fully saturated rings. The zero-order valence-corrected chi connectivity index (χ0v) is 18.6. The Balaban J connectivity index is 1.30. The molecule has 0 saturated carbocycles. The van der Waals surface area contributed by atoms with Crippen molar-refractivity contribution >= 4 is 23.7 Å². The molecule has 0 spiro atoms. The van der Waals surface area contributed by atoms with Crippen molar-refractivity contribution in [2.75, 3.05) is 13.2 Å². The van der Waals surface area contributed by atoms with Crippen LogP contribution in [0.3, 0.4) is 0 Å². The third-order valence-corrected chi connectivity index (χ3v) is 5.73. The van der Waals surface area contributed by atoms with Crippen LogP contribution >= 0.6 is 11.6 Å². The molecule has 3 aromatic rings. The first-order valence-electron chi connectivity index (χ1n) is 10.6. The lowest BCUT2D eigenvalue weighted by atomic mass is 9.98. The number of fused-ring (bicyclic) bond motifs is 3. The van der Waals surface area contributed by atoms with Crippen LogP contribution in [-0.4, -0.2) is 30.3 Å². The maximum absolute atomic E-state index is 12.2. The summed E-state index contributed by atoms with van der Waals surface area (Å²) in [5.74, 6) is 4.97. The van der Waals surface area contributed by atoms with Gasteiger partial charge in [-0.2, -0.15) is 0 Å². The molecule has 0 saturated heterocycles. The normalized spacial score (nSPS) is 11.7. The maximum Gasteiger partial charge on any atom is 0.407 e. The van der Waals surface area contributed by atoms with E-state index < -0.39 is 12.1 Å². The van der Waals surface area contributed by atoms with E-state index in [0.29, 0.717) is 29.1 Å². The molecule has 4 rings (SSSR count). The van der Waals surface area contributed by atoms with Crippen LogP contribution in [0.5, 0.6) is 0 Å². The number of hydrogen-bond acceptors (Lipinski definition) is 3. The van der Waals surface area contributed by atoms with Gasteiger partial charge < -0.3 is 15.2 Å². The number of carboxylic acids is 1. The van der Waals surface area contributed by atoms with Crippen molar-refractivity contribution in [2.45, 2.75) is 18.8 Å². The number of hydrogen-bond donors (Lipinski definition) is 2. The molecule has 166 valence electrons. The Kier molecular flexibility index (Phi) is 6.97. The number of aliphatic carboxylic acids is 1. The Morgan fingerprint density at radius 1 is 1.00 bits per heavy atom. The number of halogens is 1. The SMILES string of the molecule is O=C(O)Cc1ccc(Cl)cc1C#CCCNC(=O)OCC1c2ccccc2-c2ccccc21. The van der Waals surface area contributed by atoms with Gasteiger partial charge in [0.1, 0.15) is 6.61 Å². The number of alkyl carbamates (subject to hydrolysis) is 1. The number of benzene rings is 3. The zero-order chi connectivity index (χ0) is 23.2. The Bertz CT molecular complexity index is 1210. The molecule has 2 N–H and O–H groups in total. The molecule has 0 atom stereocenters. The third-order valence-electron chi connectivity index (χ3n) is 5.50. The van der Waals surface area contributed by atoms with E-state index in [0.717, 1.165) is 11.1 Å². The standard InChI is InChI=1S/C27H22ClNO4/c28-20-13-12-19(16-26(30)31)18(15-20)7-5-6-14-29-27(32)33-17-25-23-10-3-1-8-21(23)22-9-2-4-11-24(22)25/h1-4,8-13,15,25H,6,14,16-17H2,(H,29,32)(H,30,31). The van der Waals surface area contributed by atoms with Crippen LogP contribution in [0.15, 0.2) is 66.7 Å². The van der Waals surface area contributed by atoms with Gasteiger partial charge in [0.15, 0.2) is 0 Å². The van der Waals surface area contributed by atoms with Crippen molar-refractivity contribution in [3.8, 4) is 23.0 Å². The molecule has 0 radical (unpaired) electrons. The highest BCUT2D eigenvalue weighted by molar-refractivity contribution is 6.30. The Labute approximate surface area is 197 Å². The van der Waals surface area contributed by atoms with Gasteiger partial charge in [0.05, 0.1) is 6.42 Å². The van der Waals surface area contributed by atoms with E-state index in [-0.39, 0.29) is 18.9 Å². The van der Waals surface area contributed by atoms with Gasteiger partial charge in [0.25, 0.3) is 0 Å². The third kappa shape index (κ3) is 5.36. The number of carboxylic acid groups (broad SMARTS) is 1. The molecule has 0 aromatic heterocycles. The Morgan fingerprint density at radius 2 is 1.67 bits per heavy atom. The smallest absolute Gasteiger partial charge is 0.407 e. The molecule has 0 heterocycles. The van der Waals surface area contributed by atoms with Gasteiger partial charge >= 0.3 is 12.1 Å². The second-order valence-corrected chi connectivity index (χ2v) is 8.11. The summed E-state index contributed by atoms with van der Waals surface area (Å²) in [5, 5.41) is 12.2. The predicted molar refractivity (Wildman–Crippen MR) is 127 cm³/mol. The average molecular weight is 460 g/mol. The lowest BCUT2D eigenvalue weighted by Crippen LogP contribution is -2.26. The first-order valence-corrected chi connectivity index (χ1v) is 11.0. The van der Waals surface area contributed by atoms with E-state index in [1.165, 1.54) is 11.1 Å². The number of rotatable bonds is 6. The number of nitrogens with one attached hydrogen (secondary N) is 1. The topological polar surface area (TPSA) is 75.6 Å². The molecular formula is C27H22ClNO4. The highest BCUT2D eigenvalue weighted by atomic mass is 35.5. The van der Waals surface area contributed by atoms with Gasteiger partial charge in [-0.15, -0.1) is 0 Å².